The van der Waals surface area contributed by atoms with Crippen LogP contribution in [0.25, 0.3) is 0 Å². The number of hydrogen-bond acceptors (Lipinski definition) is 8. The van der Waals surface area contributed by atoms with E-state index in [2.05, 4.69) is 123 Å². The first-order valence-electron chi connectivity index (χ1n) is 22.4. The molecule has 0 aliphatic carbocycles. The SMILES string of the molecule is CC/C=C\C/C=C\C/C=C\C/C=C\C/C=C\C/C=C\C/C=C\CCCCOCC(COP(=O)(O)OCC(N)C(=O)O)OC(=O)CCCCCCC/C=C\C/C=C\CCCC. The van der Waals surface area contributed by atoms with Gasteiger partial charge in [-0.1, -0.05) is 155 Å². The van der Waals surface area contributed by atoms with E-state index >= 15 is 0 Å². The highest BCUT2D eigenvalue weighted by Gasteiger charge is 2.27. The number of phosphoric acid groups is 1. The van der Waals surface area contributed by atoms with Crippen molar-refractivity contribution in [1.82, 2.24) is 0 Å². The van der Waals surface area contributed by atoms with E-state index in [1.807, 2.05) is 0 Å². The highest BCUT2D eigenvalue weighted by Crippen LogP contribution is 2.43. The van der Waals surface area contributed by atoms with Gasteiger partial charge in [-0.3, -0.25) is 18.6 Å². The minimum atomic E-state index is -4.64. The molecule has 0 saturated carbocycles. The van der Waals surface area contributed by atoms with Crippen molar-refractivity contribution in [2.75, 3.05) is 26.4 Å². The van der Waals surface area contributed by atoms with Gasteiger partial charge in [0.2, 0.25) is 0 Å². The molecular formula is C49H80NO9P. The Labute approximate surface area is 363 Å². The molecular weight excluding hydrogens is 778 g/mol. The summed E-state index contributed by atoms with van der Waals surface area (Å²) in [5, 5.41) is 8.90. The monoisotopic (exact) mass is 858 g/mol. The van der Waals surface area contributed by atoms with E-state index in [1.54, 1.807) is 0 Å². The van der Waals surface area contributed by atoms with Crippen molar-refractivity contribution in [2.45, 2.75) is 161 Å². The number of aliphatic carboxylic acids is 1. The van der Waals surface area contributed by atoms with Crippen molar-refractivity contribution in [1.29, 1.82) is 0 Å². The molecule has 0 amide bonds. The van der Waals surface area contributed by atoms with Gasteiger partial charge in [0.15, 0.2) is 0 Å². The Hall–Kier alpha value is -3.37. The van der Waals surface area contributed by atoms with Crippen molar-refractivity contribution >= 4 is 19.8 Å². The predicted molar refractivity (Wildman–Crippen MR) is 249 cm³/mol. The highest BCUT2D eigenvalue weighted by molar-refractivity contribution is 7.47. The maximum Gasteiger partial charge on any atom is 0.472 e. The van der Waals surface area contributed by atoms with Crippen LogP contribution < -0.4 is 5.73 Å². The van der Waals surface area contributed by atoms with E-state index in [4.69, 9.17) is 29.4 Å². The summed E-state index contributed by atoms with van der Waals surface area (Å²) in [6.45, 7) is 3.56. The number of ether oxygens (including phenoxy) is 2. The Morgan fingerprint density at radius 2 is 0.967 bits per heavy atom. The maximum atomic E-state index is 12.6. The third kappa shape index (κ3) is 42.7. The van der Waals surface area contributed by atoms with Gasteiger partial charge in [-0.2, -0.15) is 0 Å². The van der Waals surface area contributed by atoms with E-state index in [0.29, 0.717) is 13.0 Å². The van der Waals surface area contributed by atoms with Gasteiger partial charge >= 0.3 is 19.8 Å². The molecule has 0 rings (SSSR count). The molecule has 0 heterocycles. The molecule has 0 saturated heterocycles. The Kier molecular flexibility index (Phi) is 41.3. The number of unbranched alkanes of at least 4 members (excludes halogenated alkanes) is 9. The molecule has 0 aliphatic heterocycles. The second kappa shape index (κ2) is 43.7. The van der Waals surface area contributed by atoms with Gasteiger partial charge in [-0.05, 0) is 96.3 Å². The largest absolute Gasteiger partial charge is 0.480 e. The quantitative estimate of drug-likeness (QED) is 0.0234. The van der Waals surface area contributed by atoms with Gasteiger partial charge in [0.25, 0.3) is 0 Å². The minimum absolute atomic E-state index is 0.0268. The predicted octanol–water partition coefficient (Wildman–Crippen LogP) is 12.7. The fourth-order valence-corrected chi connectivity index (χ4v) is 6.08. The summed E-state index contributed by atoms with van der Waals surface area (Å²) >= 11 is 0. The average Bonchev–Trinajstić information content (AvgIpc) is 3.23. The number of phosphoric ester groups is 1. The van der Waals surface area contributed by atoms with Crippen LogP contribution >= 0.6 is 7.82 Å². The molecule has 0 aromatic carbocycles. The topological polar surface area (TPSA) is 155 Å². The van der Waals surface area contributed by atoms with Crippen LogP contribution in [0, 0.1) is 0 Å². The summed E-state index contributed by atoms with van der Waals surface area (Å²) in [5.41, 5.74) is 5.35. The van der Waals surface area contributed by atoms with Crippen LogP contribution in [0.2, 0.25) is 0 Å². The van der Waals surface area contributed by atoms with E-state index in [1.165, 1.54) is 12.8 Å². The summed E-state index contributed by atoms with van der Waals surface area (Å²) in [6, 6.07) is -1.49. The lowest BCUT2D eigenvalue weighted by atomic mass is 10.1. The molecule has 11 heteroatoms. The smallest absolute Gasteiger partial charge is 0.472 e. The van der Waals surface area contributed by atoms with Gasteiger partial charge in [-0.25, -0.2) is 4.57 Å². The van der Waals surface area contributed by atoms with E-state index < -0.39 is 45.1 Å². The molecule has 0 aliphatic rings. The van der Waals surface area contributed by atoms with Gasteiger partial charge in [0, 0.05) is 13.0 Å². The number of carboxylic acids is 1. The maximum absolute atomic E-state index is 12.6. The lowest BCUT2D eigenvalue weighted by Gasteiger charge is -2.20. The Bertz CT molecular complexity index is 1360. The average molecular weight is 858 g/mol. The number of carbonyl (C=O) groups excluding carboxylic acids is 1. The zero-order valence-electron chi connectivity index (χ0n) is 37.0. The summed E-state index contributed by atoms with van der Waals surface area (Å²) in [7, 11) is -4.64. The number of rotatable bonds is 41. The lowest BCUT2D eigenvalue weighted by molar-refractivity contribution is -0.154. The zero-order chi connectivity index (χ0) is 44.0. The molecule has 3 unspecified atom stereocenters. The van der Waals surface area contributed by atoms with Crippen LogP contribution in [0.15, 0.2) is 109 Å². The molecule has 60 heavy (non-hydrogen) atoms. The van der Waals surface area contributed by atoms with Crippen LogP contribution in [0.4, 0.5) is 0 Å². The Balaban J connectivity index is 4.35. The standard InChI is InChI=1S/C49H80NO9P/c1-3-5-7-9-11-13-15-17-19-20-21-22-23-24-25-26-27-28-30-32-34-36-38-40-42-56-43-46(44-57-60(54,55)58-45-47(50)49(52)53)59-48(51)41-39-37-35-33-31-29-18-16-14-12-10-8-6-4-2/h5,7,10-13,16-19,21-22,24-25,27-28,32,34,46-47H,3-4,6,8-9,14-15,20,23,26,29-31,33,35-45,50H2,1-2H3,(H,52,53)(H,54,55)/b7-5-,12-10-,13-11-,18-16-,19-17-,22-21-,25-24-,28-27-,34-32-. The second-order valence-corrected chi connectivity index (χ2v) is 15.9. The van der Waals surface area contributed by atoms with Gasteiger partial charge in [0.05, 0.1) is 19.8 Å². The van der Waals surface area contributed by atoms with Crippen LogP contribution in [0.3, 0.4) is 0 Å². The first kappa shape index (κ1) is 56.6. The van der Waals surface area contributed by atoms with Gasteiger partial charge < -0.3 is 25.2 Å². The number of nitrogens with two attached hydrogens (primary N) is 1. The lowest BCUT2D eigenvalue weighted by Crippen LogP contribution is -2.34. The Morgan fingerprint density at radius 1 is 0.550 bits per heavy atom. The number of allylic oxidation sites excluding steroid dienone is 18. The number of hydrogen-bond donors (Lipinski definition) is 3. The first-order chi connectivity index (χ1) is 29.2. The van der Waals surface area contributed by atoms with E-state index in [0.717, 1.165) is 109 Å². The van der Waals surface area contributed by atoms with E-state index in [-0.39, 0.29) is 13.0 Å². The van der Waals surface area contributed by atoms with Crippen molar-refractivity contribution in [2.24, 2.45) is 5.73 Å². The molecule has 0 bridgehead atoms. The Morgan fingerprint density at radius 3 is 1.45 bits per heavy atom. The van der Waals surface area contributed by atoms with Crippen LogP contribution in [0.5, 0.6) is 0 Å². The van der Waals surface area contributed by atoms with Gasteiger partial charge in [-0.15, -0.1) is 0 Å². The normalized spacial score (nSPS) is 14.9. The summed E-state index contributed by atoms with van der Waals surface area (Å²) in [4.78, 5) is 33.5. The van der Waals surface area contributed by atoms with Crippen LogP contribution in [0.1, 0.15) is 149 Å². The molecule has 0 radical (unpaired) electrons. The van der Waals surface area contributed by atoms with Gasteiger partial charge in [0.1, 0.15) is 12.1 Å². The third-order valence-corrected chi connectivity index (χ3v) is 9.74. The minimum Gasteiger partial charge on any atom is -0.480 e. The molecule has 0 aromatic rings. The summed E-state index contributed by atoms with van der Waals surface area (Å²) < 4.78 is 33.3. The molecule has 0 aromatic heterocycles. The summed E-state index contributed by atoms with van der Waals surface area (Å²) in [6.07, 6.45) is 58.6. The molecule has 10 nitrogen and oxygen atoms in total. The first-order valence-corrected chi connectivity index (χ1v) is 23.9. The third-order valence-electron chi connectivity index (χ3n) is 8.79. The van der Waals surface area contributed by atoms with Crippen molar-refractivity contribution in [3.63, 3.8) is 0 Å². The van der Waals surface area contributed by atoms with Crippen molar-refractivity contribution in [3.8, 4) is 0 Å². The summed E-state index contributed by atoms with van der Waals surface area (Å²) in [5.74, 6) is -1.82. The fraction of sp³-hybridized carbons (Fsp3) is 0.592. The van der Waals surface area contributed by atoms with Crippen LogP contribution in [-0.4, -0.2) is 60.5 Å². The van der Waals surface area contributed by atoms with Crippen molar-refractivity contribution < 1.29 is 42.7 Å². The van der Waals surface area contributed by atoms with E-state index in [9.17, 15) is 19.0 Å². The number of carboxylic acid groups (broad SMARTS) is 1. The molecule has 4 N–H and O–H groups in total. The molecule has 340 valence electrons. The fourth-order valence-electron chi connectivity index (χ4n) is 5.30. The second-order valence-electron chi connectivity index (χ2n) is 14.4. The van der Waals surface area contributed by atoms with Crippen molar-refractivity contribution in [3.05, 3.63) is 109 Å². The highest BCUT2D eigenvalue weighted by atomic mass is 31.2. The van der Waals surface area contributed by atoms with Crippen LogP contribution in [-0.2, 0) is 32.7 Å². The molecule has 0 fully saturated rings. The zero-order valence-corrected chi connectivity index (χ0v) is 37.9. The molecule has 3 atom stereocenters. The number of esters is 1. The number of carbonyl (C=O) groups is 2. The molecule has 0 spiro atoms.